The first-order valence-electron chi connectivity index (χ1n) is 12.2. The maximum atomic E-state index is 14.0. The van der Waals surface area contributed by atoms with E-state index in [0.717, 1.165) is 5.56 Å². The lowest BCUT2D eigenvalue weighted by Gasteiger charge is -2.21. The summed E-state index contributed by atoms with van der Waals surface area (Å²) in [5.74, 6) is 0.187. The Balaban J connectivity index is 1.86. The first-order chi connectivity index (χ1) is 17.9. The van der Waals surface area contributed by atoms with E-state index in [2.05, 4.69) is 15.6 Å². The number of benzene rings is 3. The highest BCUT2D eigenvalue weighted by molar-refractivity contribution is 5.97. The number of nitrogens with one attached hydrogen (secondary N) is 2. The molecule has 1 aromatic heterocycles. The first kappa shape index (κ1) is 25.6. The average Bonchev–Trinajstić information content (AvgIpc) is 2.91. The number of carbonyl (C=O) groups is 2. The van der Waals surface area contributed by atoms with Crippen LogP contribution in [0.1, 0.15) is 38.3 Å². The van der Waals surface area contributed by atoms with Crippen molar-refractivity contribution in [2.75, 3.05) is 17.7 Å². The molecule has 8 nitrogen and oxygen atoms in total. The molecule has 4 aromatic rings. The van der Waals surface area contributed by atoms with Gasteiger partial charge >= 0.3 is 0 Å². The third-order valence-electron chi connectivity index (χ3n) is 6.18. The molecule has 4 rings (SSSR count). The van der Waals surface area contributed by atoms with Crippen LogP contribution >= 0.6 is 0 Å². The summed E-state index contributed by atoms with van der Waals surface area (Å²) in [6, 6.07) is 18.9. The van der Waals surface area contributed by atoms with Crippen LogP contribution < -0.4 is 20.9 Å². The highest BCUT2D eigenvalue weighted by atomic mass is 16.5. The summed E-state index contributed by atoms with van der Waals surface area (Å²) in [4.78, 5) is 44.4. The van der Waals surface area contributed by atoms with Crippen molar-refractivity contribution >= 4 is 34.2 Å². The standard InChI is InChI=1S/C29H30N4O4/c1-5-24(28(35)30-19-12-14-20(37-4)15-13-19)33-25-10-8-7-9-23(25)32-27(29(33)36)21-17-18(3)11-16-22(21)31-26(34)6-2/h7-17,24H,5-6H2,1-4H3,(H,30,35)(H,31,34)/t24-/m0/s1. The predicted molar refractivity (Wildman–Crippen MR) is 146 cm³/mol. The molecular formula is C29H30N4O4. The number of hydrogen-bond acceptors (Lipinski definition) is 5. The molecule has 0 saturated carbocycles. The van der Waals surface area contributed by atoms with E-state index in [1.54, 1.807) is 50.4 Å². The van der Waals surface area contributed by atoms with Gasteiger partial charge in [0.15, 0.2) is 0 Å². The Bertz CT molecular complexity index is 1510. The van der Waals surface area contributed by atoms with Gasteiger partial charge in [0.25, 0.3) is 5.56 Å². The summed E-state index contributed by atoms with van der Waals surface area (Å²) >= 11 is 0. The fourth-order valence-electron chi connectivity index (χ4n) is 4.23. The number of ether oxygens (including phenoxy) is 1. The van der Waals surface area contributed by atoms with E-state index in [-0.39, 0.29) is 17.5 Å². The number of aryl methyl sites for hydroxylation is 1. The van der Waals surface area contributed by atoms with Crippen LogP contribution in [-0.2, 0) is 9.59 Å². The average molecular weight is 499 g/mol. The van der Waals surface area contributed by atoms with Crippen molar-refractivity contribution in [1.29, 1.82) is 0 Å². The normalized spacial score (nSPS) is 11.7. The molecule has 0 unspecified atom stereocenters. The second-order valence-corrected chi connectivity index (χ2v) is 8.72. The third-order valence-corrected chi connectivity index (χ3v) is 6.18. The second-order valence-electron chi connectivity index (χ2n) is 8.72. The van der Waals surface area contributed by atoms with Crippen molar-refractivity contribution in [2.45, 2.75) is 39.7 Å². The molecule has 0 spiro atoms. The quantitative estimate of drug-likeness (QED) is 0.342. The van der Waals surface area contributed by atoms with Crippen LogP contribution in [0.15, 0.2) is 71.5 Å². The van der Waals surface area contributed by atoms with Gasteiger partial charge in [-0.05, 0) is 61.9 Å². The maximum absolute atomic E-state index is 14.0. The smallest absolute Gasteiger partial charge is 0.278 e. The van der Waals surface area contributed by atoms with Gasteiger partial charge < -0.3 is 15.4 Å². The van der Waals surface area contributed by atoms with Gasteiger partial charge in [-0.15, -0.1) is 0 Å². The van der Waals surface area contributed by atoms with E-state index in [9.17, 15) is 14.4 Å². The number of anilines is 2. The van der Waals surface area contributed by atoms with Gasteiger partial charge in [-0.1, -0.05) is 37.6 Å². The van der Waals surface area contributed by atoms with Crippen LogP contribution in [0, 0.1) is 6.92 Å². The van der Waals surface area contributed by atoms with Gasteiger partial charge in [-0.2, -0.15) is 0 Å². The van der Waals surface area contributed by atoms with Crippen LogP contribution in [-0.4, -0.2) is 28.5 Å². The molecule has 1 heterocycles. The summed E-state index contributed by atoms with van der Waals surface area (Å²) in [7, 11) is 1.58. The summed E-state index contributed by atoms with van der Waals surface area (Å²) < 4.78 is 6.69. The minimum absolute atomic E-state index is 0.170. The fraction of sp³-hybridized carbons (Fsp3) is 0.241. The van der Waals surface area contributed by atoms with Gasteiger partial charge in [-0.25, -0.2) is 4.98 Å². The zero-order valence-corrected chi connectivity index (χ0v) is 21.4. The number of rotatable bonds is 8. The van der Waals surface area contributed by atoms with Crippen LogP contribution in [0.5, 0.6) is 5.75 Å². The van der Waals surface area contributed by atoms with Crippen molar-refractivity contribution in [3.63, 3.8) is 0 Å². The highest BCUT2D eigenvalue weighted by Crippen LogP contribution is 2.29. The summed E-state index contributed by atoms with van der Waals surface area (Å²) in [6.45, 7) is 5.53. The third kappa shape index (κ3) is 5.38. The molecule has 37 heavy (non-hydrogen) atoms. The summed E-state index contributed by atoms with van der Waals surface area (Å²) in [5.41, 5.74) is 3.41. The molecule has 190 valence electrons. The SMILES string of the molecule is CCC(=O)Nc1ccc(C)cc1-c1nc2ccccc2n([C@@H](CC)C(=O)Nc2ccc(OC)cc2)c1=O. The molecule has 1 atom stereocenters. The van der Waals surface area contributed by atoms with Crippen molar-refractivity contribution in [1.82, 2.24) is 9.55 Å². The molecule has 2 amide bonds. The Morgan fingerprint density at radius 3 is 2.41 bits per heavy atom. The molecule has 8 heteroatoms. The van der Waals surface area contributed by atoms with E-state index in [1.165, 1.54) is 4.57 Å². The Labute approximate surface area is 215 Å². The minimum Gasteiger partial charge on any atom is -0.497 e. The Hall–Kier alpha value is -4.46. The maximum Gasteiger partial charge on any atom is 0.278 e. The van der Waals surface area contributed by atoms with Gasteiger partial charge in [0.1, 0.15) is 17.5 Å². The Kier molecular flexibility index (Phi) is 7.67. The molecule has 0 aliphatic rings. The largest absolute Gasteiger partial charge is 0.497 e. The first-order valence-corrected chi connectivity index (χ1v) is 12.2. The molecule has 3 aromatic carbocycles. The van der Waals surface area contributed by atoms with Gasteiger partial charge in [0.2, 0.25) is 11.8 Å². The van der Waals surface area contributed by atoms with E-state index in [1.807, 2.05) is 44.2 Å². The van der Waals surface area contributed by atoms with Crippen LogP contribution in [0.3, 0.4) is 0 Å². The van der Waals surface area contributed by atoms with Gasteiger partial charge in [0, 0.05) is 17.7 Å². The van der Waals surface area contributed by atoms with Crippen molar-refractivity contribution in [3.8, 4) is 17.0 Å². The van der Waals surface area contributed by atoms with Crippen LogP contribution in [0.4, 0.5) is 11.4 Å². The minimum atomic E-state index is -0.792. The second kappa shape index (κ2) is 11.1. The Morgan fingerprint density at radius 2 is 1.73 bits per heavy atom. The molecule has 0 radical (unpaired) electrons. The van der Waals surface area contributed by atoms with E-state index >= 15 is 0 Å². The number of nitrogens with zero attached hydrogens (tertiary/aromatic N) is 2. The molecule has 0 aliphatic heterocycles. The zero-order chi connectivity index (χ0) is 26.5. The van der Waals surface area contributed by atoms with E-state index in [0.29, 0.717) is 46.6 Å². The monoisotopic (exact) mass is 498 g/mol. The zero-order valence-electron chi connectivity index (χ0n) is 21.4. The lowest BCUT2D eigenvalue weighted by molar-refractivity contribution is -0.119. The molecular weight excluding hydrogens is 468 g/mol. The van der Waals surface area contributed by atoms with Crippen molar-refractivity contribution in [2.24, 2.45) is 0 Å². The number of hydrogen-bond donors (Lipinski definition) is 2. The highest BCUT2D eigenvalue weighted by Gasteiger charge is 2.25. The number of para-hydroxylation sites is 2. The van der Waals surface area contributed by atoms with Crippen molar-refractivity contribution in [3.05, 3.63) is 82.6 Å². The van der Waals surface area contributed by atoms with E-state index in [4.69, 9.17) is 4.74 Å². The molecule has 0 saturated heterocycles. The number of amides is 2. The number of fused-ring (bicyclic) bond motifs is 1. The predicted octanol–water partition coefficient (Wildman–Crippen LogP) is 5.32. The number of aromatic nitrogens is 2. The Morgan fingerprint density at radius 1 is 1.00 bits per heavy atom. The van der Waals surface area contributed by atoms with Crippen LogP contribution in [0.2, 0.25) is 0 Å². The number of carbonyl (C=O) groups excluding carboxylic acids is 2. The van der Waals surface area contributed by atoms with Crippen LogP contribution in [0.25, 0.3) is 22.3 Å². The molecule has 0 aliphatic carbocycles. The topological polar surface area (TPSA) is 102 Å². The van der Waals surface area contributed by atoms with Gasteiger partial charge in [-0.3, -0.25) is 19.0 Å². The van der Waals surface area contributed by atoms with E-state index < -0.39 is 11.6 Å². The molecule has 2 N–H and O–H groups in total. The molecule has 0 bridgehead atoms. The summed E-state index contributed by atoms with van der Waals surface area (Å²) in [6.07, 6.45) is 0.675. The fourth-order valence-corrected chi connectivity index (χ4v) is 4.23. The van der Waals surface area contributed by atoms with Crippen molar-refractivity contribution < 1.29 is 14.3 Å². The molecule has 0 fully saturated rings. The lowest BCUT2D eigenvalue weighted by atomic mass is 10.0. The lowest BCUT2D eigenvalue weighted by Crippen LogP contribution is -2.34. The number of methoxy groups -OCH3 is 1. The van der Waals surface area contributed by atoms with Gasteiger partial charge in [0.05, 0.1) is 23.8 Å². The summed E-state index contributed by atoms with van der Waals surface area (Å²) in [5, 5.41) is 5.79.